The molecule has 0 saturated heterocycles. The molecule has 2 aromatic rings. The largest absolute Gasteiger partial charge is 0.435 e. The van der Waals surface area contributed by atoms with Gasteiger partial charge in [-0.3, -0.25) is 0 Å². The lowest BCUT2D eigenvalue weighted by atomic mass is 10.3. The van der Waals surface area contributed by atoms with Gasteiger partial charge in [0.25, 0.3) is 0 Å². The van der Waals surface area contributed by atoms with Crippen LogP contribution in [-0.2, 0) is 0 Å². The van der Waals surface area contributed by atoms with E-state index >= 15 is 0 Å². The van der Waals surface area contributed by atoms with Crippen molar-refractivity contribution in [1.82, 2.24) is 10.2 Å². The van der Waals surface area contributed by atoms with E-state index in [9.17, 15) is 0 Å². The summed E-state index contributed by atoms with van der Waals surface area (Å²) in [6.07, 6.45) is 1.41. The summed E-state index contributed by atoms with van der Waals surface area (Å²) >= 11 is 9.32. The maximum atomic E-state index is 8.70. The van der Waals surface area contributed by atoms with Crippen LogP contribution < -0.4 is 10.5 Å². The fraction of sp³-hybridized carbons (Fsp3) is 0. The predicted octanol–water partition coefficient (Wildman–Crippen LogP) is 2.78. The van der Waals surface area contributed by atoms with Gasteiger partial charge in [0, 0.05) is 4.47 Å². The minimum absolute atomic E-state index is 0.0991. The van der Waals surface area contributed by atoms with Crippen molar-refractivity contribution in [2.45, 2.75) is 0 Å². The van der Waals surface area contributed by atoms with Gasteiger partial charge < -0.3 is 15.7 Å². The number of halogens is 2. The SMILES string of the molecule is N/C(=N/O)c1ccnnc1Oc1ccc(Br)cc1Cl. The number of nitrogens with two attached hydrogens (primary N) is 1. The first-order chi connectivity index (χ1) is 9.11. The van der Waals surface area contributed by atoms with Crippen molar-refractivity contribution in [1.29, 1.82) is 0 Å². The van der Waals surface area contributed by atoms with Crippen molar-refractivity contribution in [3.8, 4) is 11.6 Å². The molecule has 0 aliphatic carbocycles. The Bertz CT molecular complexity index is 636. The first kappa shape index (κ1) is 13.6. The molecule has 0 saturated carbocycles. The van der Waals surface area contributed by atoms with E-state index in [1.165, 1.54) is 12.3 Å². The molecule has 0 spiro atoms. The zero-order valence-electron chi connectivity index (χ0n) is 9.42. The number of amidine groups is 1. The third kappa shape index (κ3) is 3.12. The molecule has 0 atom stereocenters. The Morgan fingerprint density at radius 3 is 2.89 bits per heavy atom. The molecule has 0 amide bonds. The summed E-state index contributed by atoms with van der Waals surface area (Å²) in [7, 11) is 0. The molecule has 0 aliphatic heterocycles. The van der Waals surface area contributed by atoms with E-state index in [1.807, 2.05) is 0 Å². The number of benzene rings is 1. The van der Waals surface area contributed by atoms with Gasteiger partial charge in [-0.2, -0.15) is 5.10 Å². The van der Waals surface area contributed by atoms with Gasteiger partial charge in [0.05, 0.1) is 16.8 Å². The molecule has 6 nitrogen and oxygen atoms in total. The molecular weight excluding hydrogens is 336 g/mol. The van der Waals surface area contributed by atoms with Crippen LogP contribution in [0.4, 0.5) is 0 Å². The molecule has 8 heteroatoms. The van der Waals surface area contributed by atoms with Crippen LogP contribution in [0.15, 0.2) is 40.1 Å². The number of aromatic nitrogens is 2. The number of ether oxygens (including phenoxy) is 1. The summed E-state index contributed by atoms with van der Waals surface area (Å²) in [5.74, 6) is 0.359. The molecule has 3 N–H and O–H groups in total. The summed E-state index contributed by atoms with van der Waals surface area (Å²) < 4.78 is 6.34. The van der Waals surface area contributed by atoms with Crippen LogP contribution in [0.25, 0.3) is 0 Å². The minimum Gasteiger partial charge on any atom is -0.435 e. The molecule has 1 aromatic carbocycles. The number of hydrogen-bond acceptors (Lipinski definition) is 5. The molecule has 1 aromatic heterocycles. The van der Waals surface area contributed by atoms with Gasteiger partial charge in [-0.05, 0) is 24.3 Å². The summed E-state index contributed by atoms with van der Waals surface area (Å²) in [5.41, 5.74) is 5.84. The lowest BCUT2D eigenvalue weighted by Crippen LogP contribution is -2.15. The first-order valence-electron chi connectivity index (χ1n) is 5.04. The second-order valence-electron chi connectivity index (χ2n) is 3.41. The van der Waals surface area contributed by atoms with E-state index in [1.54, 1.807) is 18.2 Å². The smallest absolute Gasteiger partial charge is 0.250 e. The van der Waals surface area contributed by atoms with E-state index in [0.29, 0.717) is 16.3 Å². The number of oxime groups is 1. The zero-order chi connectivity index (χ0) is 13.8. The monoisotopic (exact) mass is 342 g/mol. The fourth-order valence-corrected chi connectivity index (χ4v) is 2.02. The van der Waals surface area contributed by atoms with E-state index in [0.717, 1.165) is 4.47 Å². The maximum absolute atomic E-state index is 8.70. The van der Waals surface area contributed by atoms with Gasteiger partial charge in [-0.25, -0.2) is 0 Å². The number of rotatable bonds is 3. The highest BCUT2D eigenvalue weighted by Crippen LogP contribution is 2.31. The molecule has 0 unspecified atom stereocenters. The average Bonchev–Trinajstić information content (AvgIpc) is 2.41. The summed E-state index contributed by atoms with van der Waals surface area (Å²) in [6.45, 7) is 0. The molecule has 0 bridgehead atoms. The van der Waals surface area contributed by atoms with Gasteiger partial charge in [0.1, 0.15) is 5.75 Å². The lowest BCUT2D eigenvalue weighted by molar-refractivity contribution is 0.318. The van der Waals surface area contributed by atoms with Crippen LogP contribution in [0.2, 0.25) is 5.02 Å². The van der Waals surface area contributed by atoms with Crippen molar-refractivity contribution in [2.24, 2.45) is 10.9 Å². The molecule has 98 valence electrons. The molecule has 2 rings (SSSR count). The van der Waals surface area contributed by atoms with Crippen molar-refractivity contribution >= 4 is 33.4 Å². The van der Waals surface area contributed by atoms with Crippen LogP contribution in [0, 0.1) is 0 Å². The van der Waals surface area contributed by atoms with Crippen molar-refractivity contribution in [2.75, 3.05) is 0 Å². The molecule has 0 radical (unpaired) electrons. The van der Waals surface area contributed by atoms with Crippen LogP contribution in [0.3, 0.4) is 0 Å². The van der Waals surface area contributed by atoms with E-state index in [-0.39, 0.29) is 11.7 Å². The van der Waals surface area contributed by atoms with Gasteiger partial charge in [-0.1, -0.05) is 32.7 Å². The van der Waals surface area contributed by atoms with E-state index < -0.39 is 0 Å². The second kappa shape index (κ2) is 5.85. The Morgan fingerprint density at radius 1 is 1.42 bits per heavy atom. The summed E-state index contributed by atoms with van der Waals surface area (Å²) in [4.78, 5) is 0. The van der Waals surface area contributed by atoms with Crippen LogP contribution in [0.1, 0.15) is 5.56 Å². The highest BCUT2D eigenvalue weighted by Gasteiger charge is 2.12. The molecule has 0 fully saturated rings. The lowest BCUT2D eigenvalue weighted by Gasteiger charge is -2.09. The summed E-state index contributed by atoms with van der Waals surface area (Å²) in [5, 5.41) is 19.5. The number of nitrogens with zero attached hydrogens (tertiary/aromatic N) is 3. The standard InChI is InChI=1S/C11H8BrClN4O2/c12-6-1-2-9(8(13)5-6)19-11-7(10(14)17-18)3-4-15-16-11/h1-5,18H,(H2,14,17). The molecule has 19 heavy (non-hydrogen) atoms. The summed E-state index contributed by atoms with van der Waals surface area (Å²) in [6, 6.07) is 6.62. The van der Waals surface area contributed by atoms with Gasteiger partial charge in [0.15, 0.2) is 5.84 Å². The highest BCUT2D eigenvalue weighted by atomic mass is 79.9. The Kier molecular flexibility index (Phi) is 4.18. The van der Waals surface area contributed by atoms with Crippen molar-refractivity contribution in [3.05, 3.63) is 45.5 Å². The van der Waals surface area contributed by atoms with Gasteiger partial charge in [0.2, 0.25) is 5.88 Å². The maximum Gasteiger partial charge on any atom is 0.250 e. The van der Waals surface area contributed by atoms with Crippen molar-refractivity contribution < 1.29 is 9.94 Å². The normalized spacial score (nSPS) is 11.4. The first-order valence-corrected chi connectivity index (χ1v) is 6.21. The van der Waals surface area contributed by atoms with Crippen LogP contribution >= 0.6 is 27.5 Å². The third-order valence-electron chi connectivity index (χ3n) is 2.17. The Hall–Kier alpha value is -1.86. The molecular formula is C11H8BrClN4O2. The molecule has 0 aliphatic rings. The third-order valence-corrected chi connectivity index (χ3v) is 2.96. The molecule has 1 heterocycles. The van der Waals surface area contributed by atoms with Gasteiger partial charge >= 0.3 is 0 Å². The quantitative estimate of drug-likeness (QED) is 0.387. The minimum atomic E-state index is -0.127. The number of hydrogen-bond donors (Lipinski definition) is 2. The predicted molar refractivity (Wildman–Crippen MR) is 73.8 cm³/mol. The van der Waals surface area contributed by atoms with E-state index in [2.05, 4.69) is 31.3 Å². The van der Waals surface area contributed by atoms with Crippen LogP contribution in [0.5, 0.6) is 11.6 Å². The Labute approximate surface area is 122 Å². The Morgan fingerprint density at radius 2 is 2.21 bits per heavy atom. The topological polar surface area (TPSA) is 93.6 Å². The fourth-order valence-electron chi connectivity index (χ4n) is 1.31. The second-order valence-corrected chi connectivity index (χ2v) is 4.73. The average molecular weight is 344 g/mol. The van der Waals surface area contributed by atoms with Crippen molar-refractivity contribution in [3.63, 3.8) is 0 Å². The van der Waals surface area contributed by atoms with E-state index in [4.69, 9.17) is 27.3 Å². The highest BCUT2D eigenvalue weighted by molar-refractivity contribution is 9.10. The zero-order valence-corrected chi connectivity index (χ0v) is 11.8. The van der Waals surface area contributed by atoms with Gasteiger partial charge in [-0.15, -0.1) is 5.10 Å². The Balaban J connectivity index is 2.38. The van der Waals surface area contributed by atoms with Crippen LogP contribution in [-0.4, -0.2) is 21.2 Å².